The molecule has 0 aliphatic carbocycles. The zero-order valence-electron chi connectivity index (χ0n) is 11.7. The Morgan fingerprint density at radius 1 is 1.10 bits per heavy atom. The molecule has 0 aliphatic heterocycles. The van der Waals surface area contributed by atoms with Crippen molar-refractivity contribution in [1.82, 2.24) is 10.1 Å². The highest BCUT2D eigenvalue weighted by molar-refractivity contribution is 6.30. The van der Waals surface area contributed by atoms with E-state index in [4.69, 9.17) is 21.9 Å². The maximum atomic E-state index is 6.11. The molecule has 0 aliphatic rings. The number of hydrogen-bond acceptors (Lipinski definition) is 4. The van der Waals surface area contributed by atoms with E-state index < -0.39 is 0 Å². The lowest BCUT2D eigenvalue weighted by molar-refractivity contribution is 0.432. The first-order valence-corrected chi connectivity index (χ1v) is 6.89. The SMILES string of the molecule is Cc1cc(C)c(N)c(-c2nc(-c3ccc(Cl)cc3)no2)c1. The number of halogens is 1. The largest absolute Gasteiger partial charge is 0.398 e. The number of aryl methyl sites for hydroxylation is 2. The summed E-state index contributed by atoms with van der Waals surface area (Å²) in [7, 11) is 0. The molecule has 0 bridgehead atoms. The van der Waals surface area contributed by atoms with E-state index in [9.17, 15) is 0 Å². The van der Waals surface area contributed by atoms with E-state index in [1.807, 2.05) is 38.1 Å². The number of benzene rings is 2. The molecule has 21 heavy (non-hydrogen) atoms. The number of nitrogen functional groups attached to an aromatic ring is 1. The number of nitrogens with zero attached hydrogens (tertiary/aromatic N) is 2. The molecule has 2 aromatic carbocycles. The van der Waals surface area contributed by atoms with Gasteiger partial charge in [0.25, 0.3) is 5.89 Å². The normalized spacial score (nSPS) is 10.8. The van der Waals surface area contributed by atoms with Gasteiger partial charge in [0.05, 0.1) is 5.56 Å². The van der Waals surface area contributed by atoms with Crippen molar-refractivity contribution in [1.29, 1.82) is 0 Å². The lowest BCUT2D eigenvalue weighted by atomic mass is 10.0. The van der Waals surface area contributed by atoms with E-state index in [-0.39, 0.29) is 0 Å². The van der Waals surface area contributed by atoms with Crippen molar-refractivity contribution in [3.05, 3.63) is 52.5 Å². The van der Waals surface area contributed by atoms with Crippen LogP contribution in [0.2, 0.25) is 5.02 Å². The zero-order chi connectivity index (χ0) is 15.0. The van der Waals surface area contributed by atoms with Gasteiger partial charge >= 0.3 is 0 Å². The molecule has 1 heterocycles. The van der Waals surface area contributed by atoms with Crippen LogP contribution in [0.4, 0.5) is 5.69 Å². The van der Waals surface area contributed by atoms with Crippen LogP contribution in [0.3, 0.4) is 0 Å². The van der Waals surface area contributed by atoms with Gasteiger partial charge in [-0.05, 0) is 55.3 Å². The highest BCUT2D eigenvalue weighted by atomic mass is 35.5. The molecule has 0 amide bonds. The van der Waals surface area contributed by atoms with E-state index >= 15 is 0 Å². The molecule has 5 heteroatoms. The first-order valence-electron chi connectivity index (χ1n) is 6.51. The van der Waals surface area contributed by atoms with Crippen LogP contribution in [0, 0.1) is 13.8 Å². The molecule has 3 aromatic rings. The Labute approximate surface area is 127 Å². The van der Waals surface area contributed by atoms with E-state index in [2.05, 4.69) is 10.1 Å². The van der Waals surface area contributed by atoms with Crippen molar-refractivity contribution in [2.75, 3.05) is 5.73 Å². The van der Waals surface area contributed by atoms with Gasteiger partial charge in [-0.3, -0.25) is 0 Å². The van der Waals surface area contributed by atoms with Crippen molar-refractivity contribution < 1.29 is 4.52 Å². The first-order chi connectivity index (χ1) is 10.0. The number of aromatic nitrogens is 2. The van der Waals surface area contributed by atoms with Crippen molar-refractivity contribution in [2.45, 2.75) is 13.8 Å². The third kappa shape index (κ3) is 2.62. The van der Waals surface area contributed by atoms with Gasteiger partial charge < -0.3 is 10.3 Å². The second-order valence-electron chi connectivity index (χ2n) is 4.97. The molecular weight excluding hydrogens is 286 g/mol. The Balaban J connectivity index is 2.04. The smallest absolute Gasteiger partial charge is 0.260 e. The Kier molecular flexibility index (Phi) is 3.39. The van der Waals surface area contributed by atoms with Crippen LogP contribution in [0.1, 0.15) is 11.1 Å². The van der Waals surface area contributed by atoms with Crippen LogP contribution >= 0.6 is 11.6 Å². The number of hydrogen-bond donors (Lipinski definition) is 1. The van der Waals surface area contributed by atoms with Crippen molar-refractivity contribution in [2.24, 2.45) is 0 Å². The third-order valence-electron chi connectivity index (χ3n) is 3.29. The van der Waals surface area contributed by atoms with Crippen LogP contribution in [0.15, 0.2) is 40.9 Å². The van der Waals surface area contributed by atoms with Crippen molar-refractivity contribution in [3.63, 3.8) is 0 Å². The summed E-state index contributed by atoms with van der Waals surface area (Å²) in [4.78, 5) is 4.42. The minimum absolute atomic E-state index is 0.421. The van der Waals surface area contributed by atoms with Gasteiger partial charge in [0.15, 0.2) is 0 Å². The summed E-state index contributed by atoms with van der Waals surface area (Å²) >= 11 is 5.88. The van der Waals surface area contributed by atoms with Gasteiger partial charge in [-0.2, -0.15) is 4.98 Å². The fourth-order valence-corrected chi connectivity index (χ4v) is 2.33. The van der Waals surface area contributed by atoms with Gasteiger partial charge in [-0.25, -0.2) is 0 Å². The quantitative estimate of drug-likeness (QED) is 0.718. The highest BCUT2D eigenvalue weighted by Gasteiger charge is 2.14. The van der Waals surface area contributed by atoms with Crippen molar-refractivity contribution in [3.8, 4) is 22.8 Å². The highest BCUT2D eigenvalue weighted by Crippen LogP contribution is 2.30. The lowest BCUT2D eigenvalue weighted by Crippen LogP contribution is -1.95. The fourth-order valence-electron chi connectivity index (χ4n) is 2.20. The van der Waals surface area contributed by atoms with Crippen LogP contribution < -0.4 is 5.73 Å². The third-order valence-corrected chi connectivity index (χ3v) is 3.54. The number of anilines is 1. The summed E-state index contributed by atoms with van der Waals surface area (Å²) in [6, 6.07) is 11.2. The molecule has 0 saturated carbocycles. The minimum Gasteiger partial charge on any atom is -0.398 e. The van der Waals surface area contributed by atoms with Crippen LogP contribution in [0.25, 0.3) is 22.8 Å². The maximum absolute atomic E-state index is 6.11. The molecule has 1 aromatic heterocycles. The minimum atomic E-state index is 0.421. The molecule has 0 fully saturated rings. The monoisotopic (exact) mass is 299 g/mol. The van der Waals surface area contributed by atoms with Crippen LogP contribution in [-0.2, 0) is 0 Å². The Morgan fingerprint density at radius 3 is 2.52 bits per heavy atom. The van der Waals surface area contributed by atoms with Gasteiger partial charge in [0.1, 0.15) is 0 Å². The second kappa shape index (κ2) is 5.22. The van der Waals surface area contributed by atoms with E-state index in [1.165, 1.54) is 0 Å². The second-order valence-corrected chi connectivity index (χ2v) is 5.41. The molecule has 4 nitrogen and oxygen atoms in total. The Hall–Kier alpha value is -2.33. The van der Waals surface area contributed by atoms with Gasteiger partial charge in [0.2, 0.25) is 5.82 Å². The predicted octanol–water partition coefficient (Wildman–Crippen LogP) is 4.26. The summed E-state index contributed by atoms with van der Waals surface area (Å²) in [5.41, 5.74) is 10.5. The van der Waals surface area contributed by atoms with E-state index in [0.29, 0.717) is 22.4 Å². The number of nitrogens with two attached hydrogens (primary N) is 1. The summed E-state index contributed by atoms with van der Waals surface area (Å²) in [5.74, 6) is 0.935. The summed E-state index contributed by atoms with van der Waals surface area (Å²) in [6.07, 6.45) is 0. The van der Waals surface area contributed by atoms with E-state index in [1.54, 1.807) is 12.1 Å². The Bertz CT molecular complexity index is 794. The van der Waals surface area contributed by atoms with Gasteiger partial charge in [-0.15, -0.1) is 0 Å². The summed E-state index contributed by atoms with van der Waals surface area (Å²) in [5, 5.41) is 4.68. The average Bonchev–Trinajstić information content (AvgIpc) is 2.93. The molecule has 106 valence electrons. The zero-order valence-corrected chi connectivity index (χ0v) is 12.5. The lowest BCUT2D eigenvalue weighted by Gasteiger charge is -2.06. The number of rotatable bonds is 2. The molecule has 0 atom stereocenters. The fraction of sp³-hybridized carbons (Fsp3) is 0.125. The summed E-state index contributed by atoms with van der Waals surface area (Å²) in [6.45, 7) is 3.97. The molecule has 0 spiro atoms. The molecule has 0 radical (unpaired) electrons. The molecule has 0 unspecified atom stereocenters. The predicted molar refractivity (Wildman–Crippen MR) is 84.1 cm³/mol. The first kappa shape index (κ1) is 13.6. The van der Waals surface area contributed by atoms with Crippen LogP contribution in [0.5, 0.6) is 0 Å². The van der Waals surface area contributed by atoms with Crippen molar-refractivity contribution >= 4 is 17.3 Å². The standard InChI is InChI=1S/C16H14ClN3O/c1-9-7-10(2)14(18)13(8-9)16-19-15(20-21-16)11-3-5-12(17)6-4-11/h3-8H,18H2,1-2H3. The Morgan fingerprint density at radius 2 is 1.81 bits per heavy atom. The molecular formula is C16H14ClN3O. The van der Waals surface area contributed by atoms with Gasteiger partial charge in [0, 0.05) is 16.3 Å². The summed E-state index contributed by atoms with van der Waals surface area (Å²) < 4.78 is 5.35. The van der Waals surface area contributed by atoms with Gasteiger partial charge in [-0.1, -0.05) is 22.8 Å². The molecule has 2 N–H and O–H groups in total. The topological polar surface area (TPSA) is 64.9 Å². The van der Waals surface area contributed by atoms with Crippen LogP contribution in [-0.4, -0.2) is 10.1 Å². The van der Waals surface area contributed by atoms with E-state index in [0.717, 1.165) is 22.3 Å². The maximum Gasteiger partial charge on any atom is 0.260 e. The average molecular weight is 300 g/mol. The molecule has 3 rings (SSSR count). The molecule has 0 saturated heterocycles.